The zero-order valence-corrected chi connectivity index (χ0v) is 19.9. The van der Waals surface area contributed by atoms with Crippen LogP contribution in [0.4, 0.5) is 0 Å². The molecule has 5 aliphatic rings. The highest BCUT2D eigenvalue weighted by molar-refractivity contribution is 5.78. The summed E-state index contributed by atoms with van der Waals surface area (Å²) in [7, 11) is 2.18. The molecular weight excluding hydrogens is 386 g/mol. The predicted molar refractivity (Wildman–Crippen MR) is 125 cm³/mol. The van der Waals surface area contributed by atoms with Crippen LogP contribution in [0.25, 0.3) is 0 Å². The predicted octanol–water partition coefficient (Wildman–Crippen LogP) is 2.11. The van der Waals surface area contributed by atoms with Crippen LogP contribution in [0.1, 0.15) is 64.7 Å². The molecule has 7 atom stereocenters. The second kappa shape index (κ2) is 9.66. The highest BCUT2D eigenvalue weighted by atomic mass is 16.2. The Morgan fingerprint density at radius 1 is 0.935 bits per heavy atom. The highest BCUT2D eigenvalue weighted by Crippen LogP contribution is 2.42. The molecule has 5 fully saturated rings. The quantitative estimate of drug-likeness (QED) is 0.714. The van der Waals surface area contributed by atoms with Crippen molar-refractivity contribution in [2.24, 2.45) is 17.8 Å². The van der Waals surface area contributed by atoms with Gasteiger partial charge in [0.25, 0.3) is 0 Å². The van der Waals surface area contributed by atoms with Crippen molar-refractivity contribution in [1.29, 1.82) is 0 Å². The van der Waals surface area contributed by atoms with Gasteiger partial charge in [-0.3, -0.25) is 19.9 Å². The smallest absolute Gasteiger partial charge is 0.234 e. The molecule has 2 aliphatic carbocycles. The van der Waals surface area contributed by atoms with Crippen LogP contribution in [0.2, 0.25) is 0 Å². The lowest BCUT2D eigenvalue weighted by atomic mass is 9.71. The van der Waals surface area contributed by atoms with Gasteiger partial charge in [-0.05, 0) is 51.0 Å². The average Bonchev–Trinajstić information content (AvgIpc) is 3.19. The summed E-state index contributed by atoms with van der Waals surface area (Å²) in [5.74, 6) is 2.33. The molecule has 0 aromatic heterocycles. The number of fused-ring (bicyclic) bond motifs is 2. The van der Waals surface area contributed by atoms with Gasteiger partial charge >= 0.3 is 0 Å². The van der Waals surface area contributed by atoms with Gasteiger partial charge in [-0.25, -0.2) is 0 Å². The van der Waals surface area contributed by atoms with Crippen LogP contribution in [0, 0.1) is 17.8 Å². The number of amides is 1. The van der Waals surface area contributed by atoms with Crippen molar-refractivity contribution in [2.75, 3.05) is 46.3 Å². The van der Waals surface area contributed by atoms with E-state index >= 15 is 0 Å². The summed E-state index contributed by atoms with van der Waals surface area (Å²) in [4.78, 5) is 20.7. The normalized spacial score (nSPS) is 42.7. The van der Waals surface area contributed by atoms with E-state index in [9.17, 15) is 4.79 Å². The molecule has 5 rings (SSSR count). The molecule has 6 heteroatoms. The number of nitrogens with one attached hydrogen (secondary N) is 2. The largest absolute Gasteiger partial charge is 0.352 e. The third-order valence-corrected chi connectivity index (χ3v) is 9.28. The Morgan fingerprint density at radius 3 is 2.55 bits per heavy atom. The molecule has 2 saturated carbocycles. The maximum atomic E-state index is 13.1. The third-order valence-electron chi connectivity index (χ3n) is 9.28. The topological polar surface area (TPSA) is 50.9 Å². The van der Waals surface area contributed by atoms with Gasteiger partial charge in [0.1, 0.15) is 0 Å². The minimum Gasteiger partial charge on any atom is -0.352 e. The number of hydrogen-bond donors (Lipinski definition) is 2. The number of hydrogen-bond acceptors (Lipinski definition) is 5. The van der Waals surface area contributed by atoms with Gasteiger partial charge in [0.05, 0.1) is 12.7 Å². The molecular formula is C25H45N5O. The van der Waals surface area contributed by atoms with Crippen LogP contribution < -0.4 is 10.6 Å². The van der Waals surface area contributed by atoms with Gasteiger partial charge in [-0.1, -0.05) is 32.6 Å². The Hall–Kier alpha value is -0.690. The van der Waals surface area contributed by atoms with E-state index in [0.717, 1.165) is 38.1 Å². The lowest BCUT2D eigenvalue weighted by molar-refractivity contribution is -0.125. The van der Waals surface area contributed by atoms with Crippen molar-refractivity contribution in [1.82, 2.24) is 25.3 Å². The number of carbonyl (C=O) groups is 1. The fraction of sp³-hybridized carbons (Fsp3) is 0.960. The molecule has 176 valence electrons. The molecule has 1 amide bonds. The Morgan fingerprint density at radius 2 is 1.74 bits per heavy atom. The lowest BCUT2D eigenvalue weighted by Crippen LogP contribution is -2.67. The summed E-state index contributed by atoms with van der Waals surface area (Å²) >= 11 is 0. The molecule has 6 nitrogen and oxygen atoms in total. The monoisotopic (exact) mass is 431 g/mol. The zero-order valence-electron chi connectivity index (χ0n) is 19.9. The molecule has 3 saturated heterocycles. The van der Waals surface area contributed by atoms with Crippen LogP contribution in [0.3, 0.4) is 0 Å². The molecule has 0 bridgehead atoms. The number of nitrogens with zero attached hydrogens (tertiary/aromatic N) is 3. The number of rotatable bonds is 4. The van der Waals surface area contributed by atoms with E-state index in [-0.39, 0.29) is 5.91 Å². The molecule has 31 heavy (non-hydrogen) atoms. The molecule has 0 aromatic rings. The highest BCUT2D eigenvalue weighted by Gasteiger charge is 2.51. The lowest BCUT2D eigenvalue weighted by Gasteiger charge is -2.51. The van der Waals surface area contributed by atoms with E-state index in [4.69, 9.17) is 0 Å². The first-order chi connectivity index (χ1) is 15.1. The van der Waals surface area contributed by atoms with Crippen LogP contribution in [0.5, 0.6) is 0 Å². The minimum atomic E-state index is 0.268. The first-order valence-corrected chi connectivity index (χ1v) is 13.3. The minimum absolute atomic E-state index is 0.268. The van der Waals surface area contributed by atoms with Gasteiger partial charge in [0.15, 0.2) is 0 Å². The van der Waals surface area contributed by atoms with Crippen molar-refractivity contribution >= 4 is 5.91 Å². The van der Waals surface area contributed by atoms with Crippen LogP contribution in [-0.2, 0) is 4.79 Å². The van der Waals surface area contributed by atoms with Crippen LogP contribution in [-0.4, -0.2) is 91.2 Å². The van der Waals surface area contributed by atoms with Crippen molar-refractivity contribution in [3.63, 3.8) is 0 Å². The second-order valence-electron chi connectivity index (χ2n) is 11.5. The number of likely N-dealkylation sites (tertiary alicyclic amines) is 1. The Kier molecular flexibility index (Phi) is 6.89. The summed E-state index contributed by atoms with van der Waals surface area (Å²) in [6.07, 6.45) is 12.5. The van der Waals surface area contributed by atoms with E-state index in [2.05, 4.69) is 39.3 Å². The fourth-order valence-corrected chi connectivity index (χ4v) is 7.54. The summed E-state index contributed by atoms with van der Waals surface area (Å²) in [5.41, 5.74) is 0. The van der Waals surface area contributed by atoms with Crippen molar-refractivity contribution in [3.8, 4) is 0 Å². The van der Waals surface area contributed by atoms with E-state index in [1.165, 1.54) is 64.3 Å². The average molecular weight is 432 g/mol. The second-order valence-corrected chi connectivity index (χ2v) is 11.5. The van der Waals surface area contributed by atoms with Crippen LogP contribution in [0.15, 0.2) is 0 Å². The maximum Gasteiger partial charge on any atom is 0.234 e. The van der Waals surface area contributed by atoms with Crippen LogP contribution >= 0.6 is 0 Å². The summed E-state index contributed by atoms with van der Waals surface area (Å²) in [6, 6.07) is 1.70. The molecule has 0 aromatic carbocycles. The van der Waals surface area contributed by atoms with Crippen molar-refractivity contribution in [3.05, 3.63) is 0 Å². The van der Waals surface area contributed by atoms with Gasteiger partial charge < -0.3 is 10.2 Å². The molecule has 7 unspecified atom stereocenters. The molecule has 0 spiro atoms. The van der Waals surface area contributed by atoms with Gasteiger partial charge in [0.2, 0.25) is 5.91 Å². The SMILES string of the molecule is CC1CCCC(N2CCC3C(NC(=O)CN4CCN(C)CC4)C4CCCCC4NC32)C1. The zero-order chi connectivity index (χ0) is 21.4. The van der Waals surface area contributed by atoms with E-state index in [0.29, 0.717) is 36.6 Å². The first-order valence-electron chi connectivity index (χ1n) is 13.3. The van der Waals surface area contributed by atoms with E-state index in [1.807, 2.05) is 0 Å². The number of piperidine rings is 1. The third kappa shape index (κ3) is 4.83. The molecule has 3 heterocycles. The molecule has 2 N–H and O–H groups in total. The molecule has 3 aliphatic heterocycles. The Balaban J connectivity index is 1.26. The van der Waals surface area contributed by atoms with Gasteiger partial charge in [-0.15, -0.1) is 0 Å². The van der Waals surface area contributed by atoms with Crippen molar-refractivity contribution < 1.29 is 4.79 Å². The standard InChI is InChI=1S/C25H45N5O/c1-18-6-5-7-19(16-18)30-11-10-21-24(20-8-3-4-9-22(20)26-25(21)30)27-23(31)17-29-14-12-28(2)13-15-29/h18-22,24-26H,3-17H2,1-2H3,(H,27,31). The summed E-state index contributed by atoms with van der Waals surface area (Å²) < 4.78 is 0. The summed E-state index contributed by atoms with van der Waals surface area (Å²) in [5, 5.41) is 7.75. The van der Waals surface area contributed by atoms with Crippen molar-refractivity contribution in [2.45, 2.75) is 89.0 Å². The Labute approximate surface area is 189 Å². The number of carbonyl (C=O) groups excluding carboxylic acids is 1. The maximum absolute atomic E-state index is 13.1. The Bertz CT molecular complexity index is 621. The first kappa shape index (κ1) is 22.1. The fourth-order valence-electron chi connectivity index (χ4n) is 7.54. The molecule has 0 radical (unpaired) electrons. The van der Waals surface area contributed by atoms with Gasteiger partial charge in [-0.2, -0.15) is 0 Å². The van der Waals surface area contributed by atoms with E-state index in [1.54, 1.807) is 0 Å². The summed E-state index contributed by atoms with van der Waals surface area (Å²) in [6.45, 7) is 8.41. The van der Waals surface area contributed by atoms with Gasteiger partial charge in [0, 0.05) is 56.8 Å². The van der Waals surface area contributed by atoms with E-state index < -0.39 is 0 Å². The number of piperazine rings is 1. The number of likely N-dealkylation sites (N-methyl/N-ethyl adjacent to an activating group) is 1.